The molecule has 0 spiro atoms. The van der Waals surface area contributed by atoms with Gasteiger partial charge in [0.1, 0.15) is 6.04 Å². The van der Waals surface area contributed by atoms with E-state index in [1.54, 1.807) is 7.11 Å². The molecular formula is C10H22N2O3. The van der Waals surface area contributed by atoms with E-state index in [-0.39, 0.29) is 0 Å². The minimum absolute atomic E-state index is 0.293. The van der Waals surface area contributed by atoms with Crippen molar-refractivity contribution in [2.24, 2.45) is 5.73 Å². The third kappa shape index (κ3) is 5.71. The van der Waals surface area contributed by atoms with Gasteiger partial charge in [-0.25, -0.2) is 0 Å². The van der Waals surface area contributed by atoms with Gasteiger partial charge in [0.05, 0.1) is 6.61 Å². The SMILES string of the molecule is CCN(CCC(N)C(=O)O)C(C)COC. The molecule has 0 fully saturated rings. The molecule has 0 amide bonds. The number of methoxy groups -OCH3 is 1. The molecule has 0 radical (unpaired) electrons. The van der Waals surface area contributed by atoms with Crippen molar-refractivity contribution in [3.63, 3.8) is 0 Å². The van der Waals surface area contributed by atoms with Crippen molar-refractivity contribution >= 4 is 5.97 Å². The summed E-state index contributed by atoms with van der Waals surface area (Å²) >= 11 is 0. The first-order chi connectivity index (χ1) is 7.02. The van der Waals surface area contributed by atoms with Crippen LogP contribution in [0.3, 0.4) is 0 Å². The fraction of sp³-hybridized carbons (Fsp3) is 0.900. The number of carboxylic acid groups (broad SMARTS) is 1. The third-order valence-corrected chi connectivity index (χ3v) is 2.48. The average molecular weight is 218 g/mol. The molecule has 0 rings (SSSR count). The van der Waals surface area contributed by atoms with Crippen LogP contribution in [0.15, 0.2) is 0 Å². The summed E-state index contributed by atoms with van der Waals surface area (Å²) in [5.74, 6) is -0.939. The fourth-order valence-electron chi connectivity index (χ4n) is 1.47. The van der Waals surface area contributed by atoms with Gasteiger partial charge in [0.25, 0.3) is 0 Å². The number of rotatable bonds is 8. The van der Waals surface area contributed by atoms with Gasteiger partial charge in [0.2, 0.25) is 0 Å². The summed E-state index contributed by atoms with van der Waals surface area (Å²) in [4.78, 5) is 12.7. The normalized spacial score (nSPS) is 15.3. The largest absolute Gasteiger partial charge is 0.480 e. The molecule has 0 heterocycles. The highest BCUT2D eigenvalue weighted by atomic mass is 16.5. The number of hydrogen-bond donors (Lipinski definition) is 2. The number of nitrogens with zero attached hydrogens (tertiary/aromatic N) is 1. The van der Waals surface area contributed by atoms with Crippen LogP contribution in [-0.4, -0.2) is 54.9 Å². The Morgan fingerprint density at radius 3 is 2.60 bits per heavy atom. The Balaban J connectivity index is 3.93. The monoisotopic (exact) mass is 218 g/mol. The molecule has 0 aliphatic carbocycles. The van der Waals surface area contributed by atoms with Crippen molar-refractivity contribution in [2.45, 2.75) is 32.4 Å². The highest BCUT2D eigenvalue weighted by molar-refractivity contribution is 5.72. The molecule has 0 saturated carbocycles. The van der Waals surface area contributed by atoms with E-state index in [1.807, 2.05) is 6.92 Å². The molecule has 0 aromatic heterocycles. The van der Waals surface area contributed by atoms with Gasteiger partial charge in [-0.3, -0.25) is 9.69 Å². The van der Waals surface area contributed by atoms with Gasteiger partial charge in [-0.05, 0) is 19.9 Å². The van der Waals surface area contributed by atoms with Gasteiger partial charge in [-0.1, -0.05) is 6.92 Å². The maximum atomic E-state index is 10.5. The van der Waals surface area contributed by atoms with E-state index >= 15 is 0 Å². The van der Waals surface area contributed by atoms with E-state index in [0.29, 0.717) is 25.6 Å². The van der Waals surface area contributed by atoms with Gasteiger partial charge in [-0.2, -0.15) is 0 Å². The van der Waals surface area contributed by atoms with Gasteiger partial charge in [0, 0.05) is 19.7 Å². The van der Waals surface area contributed by atoms with Crippen LogP contribution in [0.5, 0.6) is 0 Å². The topological polar surface area (TPSA) is 75.8 Å². The van der Waals surface area contributed by atoms with Crippen molar-refractivity contribution in [3.05, 3.63) is 0 Å². The zero-order valence-electron chi connectivity index (χ0n) is 9.77. The van der Waals surface area contributed by atoms with E-state index in [0.717, 1.165) is 6.54 Å². The van der Waals surface area contributed by atoms with Crippen LogP contribution >= 0.6 is 0 Å². The Morgan fingerprint density at radius 1 is 1.60 bits per heavy atom. The summed E-state index contributed by atoms with van der Waals surface area (Å²) in [6.45, 7) is 6.30. The first-order valence-corrected chi connectivity index (χ1v) is 5.24. The lowest BCUT2D eigenvalue weighted by Gasteiger charge is -2.27. The second kappa shape index (κ2) is 7.62. The van der Waals surface area contributed by atoms with Gasteiger partial charge in [0.15, 0.2) is 0 Å². The summed E-state index contributed by atoms with van der Waals surface area (Å²) in [7, 11) is 1.66. The molecule has 0 bridgehead atoms. The van der Waals surface area contributed by atoms with E-state index in [2.05, 4.69) is 11.8 Å². The Morgan fingerprint density at radius 2 is 2.20 bits per heavy atom. The fourth-order valence-corrected chi connectivity index (χ4v) is 1.47. The average Bonchev–Trinajstić information content (AvgIpc) is 2.18. The zero-order chi connectivity index (χ0) is 11.8. The molecule has 2 unspecified atom stereocenters. The maximum Gasteiger partial charge on any atom is 0.320 e. The molecular weight excluding hydrogens is 196 g/mol. The summed E-state index contributed by atoms with van der Waals surface area (Å²) in [5.41, 5.74) is 5.44. The molecule has 5 heteroatoms. The van der Waals surface area contributed by atoms with Crippen LogP contribution in [0.25, 0.3) is 0 Å². The van der Waals surface area contributed by atoms with Crippen molar-refractivity contribution in [3.8, 4) is 0 Å². The lowest BCUT2D eigenvalue weighted by molar-refractivity contribution is -0.138. The van der Waals surface area contributed by atoms with Crippen molar-refractivity contribution in [1.29, 1.82) is 0 Å². The minimum Gasteiger partial charge on any atom is -0.480 e. The summed E-state index contributed by atoms with van der Waals surface area (Å²) in [5, 5.41) is 8.64. The summed E-state index contributed by atoms with van der Waals surface area (Å²) in [6.07, 6.45) is 0.469. The lowest BCUT2D eigenvalue weighted by atomic mass is 10.2. The Hall–Kier alpha value is -0.650. The van der Waals surface area contributed by atoms with Crippen LogP contribution in [0, 0.1) is 0 Å². The molecule has 0 aliphatic heterocycles. The second-order valence-corrected chi connectivity index (χ2v) is 3.67. The number of carboxylic acids is 1. The van der Waals surface area contributed by atoms with Gasteiger partial charge >= 0.3 is 5.97 Å². The van der Waals surface area contributed by atoms with E-state index in [1.165, 1.54) is 0 Å². The molecule has 0 aromatic rings. The Labute approximate surface area is 91.2 Å². The highest BCUT2D eigenvalue weighted by Crippen LogP contribution is 2.02. The second-order valence-electron chi connectivity index (χ2n) is 3.67. The van der Waals surface area contributed by atoms with Crippen LogP contribution in [0.4, 0.5) is 0 Å². The maximum absolute atomic E-state index is 10.5. The smallest absolute Gasteiger partial charge is 0.320 e. The third-order valence-electron chi connectivity index (χ3n) is 2.48. The number of carbonyl (C=O) groups is 1. The number of ether oxygens (including phenoxy) is 1. The quantitative estimate of drug-likeness (QED) is 0.606. The zero-order valence-corrected chi connectivity index (χ0v) is 9.77. The Kier molecular flexibility index (Phi) is 7.29. The molecule has 90 valence electrons. The molecule has 15 heavy (non-hydrogen) atoms. The molecule has 3 N–H and O–H groups in total. The standard InChI is InChI=1S/C10H22N2O3/c1-4-12(8(2)7-15-3)6-5-9(11)10(13)14/h8-9H,4-7,11H2,1-3H3,(H,13,14). The molecule has 2 atom stereocenters. The minimum atomic E-state index is -0.939. The molecule has 0 saturated heterocycles. The predicted molar refractivity (Wildman–Crippen MR) is 58.8 cm³/mol. The van der Waals surface area contributed by atoms with Crippen molar-refractivity contribution < 1.29 is 14.6 Å². The van der Waals surface area contributed by atoms with Crippen molar-refractivity contribution in [2.75, 3.05) is 26.8 Å². The van der Waals surface area contributed by atoms with Gasteiger partial charge in [-0.15, -0.1) is 0 Å². The Bertz CT molecular complexity index is 188. The first kappa shape index (κ1) is 14.3. The van der Waals surface area contributed by atoms with Crippen LogP contribution in [0.1, 0.15) is 20.3 Å². The summed E-state index contributed by atoms with van der Waals surface area (Å²) in [6, 6.07) is -0.477. The van der Waals surface area contributed by atoms with Gasteiger partial charge < -0.3 is 15.6 Å². The van der Waals surface area contributed by atoms with E-state index in [9.17, 15) is 4.79 Å². The summed E-state index contributed by atoms with van der Waals surface area (Å²) < 4.78 is 5.05. The van der Waals surface area contributed by atoms with Crippen LogP contribution in [-0.2, 0) is 9.53 Å². The number of likely N-dealkylation sites (N-methyl/N-ethyl adjacent to an activating group) is 1. The van der Waals surface area contributed by atoms with Crippen molar-refractivity contribution in [1.82, 2.24) is 4.90 Å². The highest BCUT2D eigenvalue weighted by Gasteiger charge is 2.16. The number of hydrogen-bond acceptors (Lipinski definition) is 4. The first-order valence-electron chi connectivity index (χ1n) is 5.24. The molecule has 0 aliphatic rings. The number of nitrogens with two attached hydrogens (primary N) is 1. The van der Waals surface area contributed by atoms with E-state index in [4.69, 9.17) is 15.6 Å². The molecule has 0 aromatic carbocycles. The molecule has 5 nitrogen and oxygen atoms in total. The van der Waals surface area contributed by atoms with Crippen LogP contribution < -0.4 is 5.73 Å². The lowest BCUT2D eigenvalue weighted by Crippen LogP contribution is -2.40. The van der Waals surface area contributed by atoms with Crippen LogP contribution in [0.2, 0.25) is 0 Å². The number of aliphatic carboxylic acids is 1. The predicted octanol–water partition coefficient (Wildman–Crippen LogP) is 0.145. The van der Waals surface area contributed by atoms with E-state index < -0.39 is 12.0 Å².